The number of isocyanates is 1. The van der Waals surface area contributed by atoms with E-state index in [-0.39, 0.29) is 0 Å². The van der Waals surface area contributed by atoms with Gasteiger partial charge in [0.1, 0.15) is 0 Å². The minimum absolute atomic E-state index is 0.665. The number of benzene rings is 1. The van der Waals surface area contributed by atoms with E-state index in [1.165, 1.54) is 9.65 Å². The molecule has 0 fully saturated rings. The normalized spacial score (nSPS) is 8.91. The summed E-state index contributed by atoms with van der Waals surface area (Å²) in [7, 11) is 0. The van der Waals surface area contributed by atoms with Crippen LogP contribution in [-0.2, 0) is 4.79 Å². The SMILES string of the molecule is Cc1cc(N=C=O)ccc1I. The van der Waals surface area contributed by atoms with Crippen molar-refractivity contribution in [2.75, 3.05) is 0 Å². The van der Waals surface area contributed by atoms with E-state index in [2.05, 4.69) is 27.6 Å². The highest BCUT2D eigenvalue weighted by Gasteiger charge is 1.94. The standard InChI is InChI=1S/C8H6INO/c1-6-4-7(10-5-11)2-3-8(6)9/h2-4H,1H3. The number of hydrogen-bond donors (Lipinski definition) is 0. The van der Waals surface area contributed by atoms with Crippen LogP contribution in [0.1, 0.15) is 5.56 Å². The Labute approximate surface area is 78.5 Å². The quantitative estimate of drug-likeness (QED) is 0.433. The Balaban J connectivity index is 3.14. The van der Waals surface area contributed by atoms with E-state index in [1.54, 1.807) is 6.07 Å². The molecule has 0 unspecified atom stereocenters. The Morgan fingerprint density at radius 1 is 1.55 bits per heavy atom. The molecule has 11 heavy (non-hydrogen) atoms. The number of nitrogens with zero attached hydrogens (tertiary/aromatic N) is 1. The van der Waals surface area contributed by atoms with Crippen molar-refractivity contribution in [1.29, 1.82) is 0 Å². The zero-order chi connectivity index (χ0) is 8.27. The first-order chi connectivity index (χ1) is 5.24. The maximum absolute atomic E-state index is 9.88. The summed E-state index contributed by atoms with van der Waals surface area (Å²) in [5.74, 6) is 0. The lowest BCUT2D eigenvalue weighted by Gasteiger charge is -1.96. The van der Waals surface area contributed by atoms with Crippen LogP contribution in [0.5, 0.6) is 0 Å². The Kier molecular flexibility index (Phi) is 2.79. The molecule has 1 aromatic carbocycles. The summed E-state index contributed by atoms with van der Waals surface area (Å²) in [4.78, 5) is 13.4. The fraction of sp³-hybridized carbons (Fsp3) is 0.125. The first-order valence-electron chi connectivity index (χ1n) is 3.08. The fourth-order valence-corrected chi connectivity index (χ4v) is 1.09. The lowest BCUT2D eigenvalue weighted by Crippen LogP contribution is -1.76. The summed E-state index contributed by atoms with van der Waals surface area (Å²) in [6.45, 7) is 1.98. The van der Waals surface area contributed by atoms with Crippen molar-refractivity contribution in [3.8, 4) is 0 Å². The van der Waals surface area contributed by atoms with Crippen LogP contribution < -0.4 is 0 Å². The van der Waals surface area contributed by atoms with Crippen molar-refractivity contribution >= 4 is 34.4 Å². The summed E-state index contributed by atoms with van der Waals surface area (Å²) in [6, 6.07) is 5.57. The minimum atomic E-state index is 0.665. The van der Waals surface area contributed by atoms with Gasteiger partial charge in [0.2, 0.25) is 6.08 Å². The molecule has 0 N–H and O–H groups in total. The Morgan fingerprint density at radius 3 is 2.82 bits per heavy atom. The summed E-state index contributed by atoms with van der Waals surface area (Å²) >= 11 is 2.23. The lowest BCUT2D eigenvalue weighted by atomic mass is 10.2. The van der Waals surface area contributed by atoms with Crippen LogP contribution in [-0.4, -0.2) is 6.08 Å². The first-order valence-corrected chi connectivity index (χ1v) is 4.16. The van der Waals surface area contributed by atoms with E-state index in [1.807, 2.05) is 19.1 Å². The zero-order valence-electron chi connectivity index (χ0n) is 5.97. The third-order valence-electron chi connectivity index (χ3n) is 1.32. The van der Waals surface area contributed by atoms with Crippen LogP contribution in [0.3, 0.4) is 0 Å². The highest BCUT2D eigenvalue weighted by atomic mass is 127. The van der Waals surface area contributed by atoms with Crippen molar-refractivity contribution in [3.63, 3.8) is 0 Å². The molecule has 0 bridgehead atoms. The van der Waals surface area contributed by atoms with Crippen LogP contribution in [0, 0.1) is 10.5 Å². The first kappa shape index (κ1) is 8.43. The van der Waals surface area contributed by atoms with E-state index in [4.69, 9.17) is 0 Å². The predicted octanol–water partition coefficient (Wildman–Crippen LogP) is 2.57. The molecule has 0 aromatic heterocycles. The van der Waals surface area contributed by atoms with E-state index in [0.717, 1.165) is 5.56 Å². The molecule has 1 rings (SSSR count). The van der Waals surface area contributed by atoms with E-state index < -0.39 is 0 Å². The third kappa shape index (κ3) is 2.13. The van der Waals surface area contributed by atoms with Gasteiger partial charge in [-0.2, -0.15) is 4.99 Å². The average molecular weight is 259 g/mol. The summed E-state index contributed by atoms with van der Waals surface area (Å²) in [6.07, 6.45) is 1.50. The van der Waals surface area contributed by atoms with Gasteiger partial charge in [-0.1, -0.05) is 0 Å². The molecule has 0 spiro atoms. The zero-order valence-corrected chi connectivity index (χ0v) is 8.12. The van der Waals surface area contributed by atoms with Crippen molar-refractivity contribution in [1.82, 2.24) is 0 Å². The largest absolute Gasteiger partial charge is 0.240 e. The molecule has 1 aromatic rings. The summed E-state index contributed by atoms with van der Waals surface area (Å²) in [5.41, 5.74) is 1.79. The summed E-state index contributed by atoms with van der Waals surface area (Å²) in [5, 5.41) is 0. The second-order valence-electron chi connectivity index (χ2n) is 2.14. The molecule has 2 nitrogen and oxygen atoms in total. The molecule has 56 valence electrons. The maximum atomic E-state index is 9.88. The van der Waals surface area contributed by atoms with Gasteiger partial charge in [0.15, 0.2) is 0 Å². The fourth-order valence-electron chi connectivity index (χ4n) is 0.751. The lowest BCUT2D eigenvalue weighted by molar-refractivity contribution is 0.565. The van der Waals surface area contributed by atoms with Crippen LogP contribution in [0.2, 0.25) is 0 Å². The molecule has 0 aliphatic heterocycles. The predicted molar refractivity (Wildman–Crippen MR) is 51.7 cm³/mol. The van der Waals surface area contributed by atoms with Gasteiger partial charge in [0.05, 0.1) is 5.69 Å². The van der Waals surface area contributed by atoms with Gasteiger partial charge in [-0.25, -0.2) is 4.79 Å². The van der Waals surface area contributed by atoms with Crippen LogP contribution in [0.15, 0.2) is 23.2 Å². The van der Waals surface area contributed by atoms with Crippen molar-refractivity contribution in [2.45, 2.75) is 6.92 Å². The van der Waals surface area contributed by atoms with E-state index >= 15 is 0 Å². The Hall–Kier alpha value is -0.670. The van der Waals surface area contributed by atoms with E-state index in [9.17, 15) is 4.79 Å². The number of carbonyl (C=O) groups excluding carboxylic acids is 1. The van der Waals surface area contributed by atoms with Gasteiger partial charge in [0.25, 0.3) is 0 Å². The molecular formula is C8H6INO. The van der Waals surface area contributed by atoms with Gasteiger partial charge in [-0.15, -0.1) is 0 Å². The molecule has 0 amide bonds. The van der Waals surface area contributed by atoms with Gasteiger partial charge < -0.3 is 0 Å². The number of hydrogen-bond acceptors (Lipinski definition) is 2. The van der Waals surface area contributed by atoms with Crippen molar-refractivity contribution in [2.24, 2.45) is 4.99 Å². The number of rotatable bonds is 1. The number of aryl methyl sites for hydroxylation is 1. The van der Waals surface area contributed by atoms with Gasteiger partial charge in [-0.3, -0.25) is 0 Å². The second-order valence-corrected chi connectivity index (χ2v) is 3.30. The monoisotopic (exact) mass is 259 g/mol. The maximum Gasteiger partial charge on any atom is 0.240 e. The van der Waals surface area contributed by atoms with Gasteiger partial charge >= 0.3 is 0 Å². The Morgan fingerprint density at radius 2 is 2.27 bits per heavy atom. The smallest absolute Gasteiger partial charge is 0.211 e. The highest BCUT2D eigenvalue weighted by molar-refractivity contribution is 14.1. The molecule has 3 heteroatoms. The highest BCUT2D eigenvalue weighted by Crippen LogP contribution is 2.18. The minimum Gasteiger partial charge on any atom is -0.211 e. The molecule has 0 aliphatic rings. The van der Waals surface area contributed by atoms with Crippen molar-refractivity contribution in [3.05, 3.63) is 27.3 Å². The molecule has 0 saturated carbocycles. The molecule has 0 saturated heterocycles. The van der Waals surface area contributed by atoms with E-state index in [0.29, 0.717) is 5.69 Å². The van der Waals surface area contributed by atoms with Crippen molar-refractivity contribution < 1.29 is 4.79 Å². The number of aliphatic imine (C=N–C) groups is 1. The topological polar surface area (TPSA) is 29.4 Å². The summed E-state index contributed by atoms with van der Waals surface area (Å²) < 4.78 is 1.17. The van der Waals surface area contributed by atoms with Gasteiger partial charge in [0, 0.05) is 3.57 Å². The van der Waals surface area contributed by atoms with Crippen LogP contribution in [0.4, 0.5) is 5.69 Å². The molecule has 0 heterocycles. The third-order valence-corrected chi connectivity index (χ3v) is 2.53. The molecule has 0 atom stereocenters. The van der Waals surface area contributed by atoms with Crippen LogP contribution >= 0.6 is 22.6 Å². The molecular weight excluding hydrogens is 253 g/mol. The Bertz CT molecular complexity index is 316. The van der Waals surface area contributed by atoms with Crippen LogP contribution in [0.25, 0.3) is 0 Å². The molecule has 0 aliphatic carbocycles. The molecule has 0 radical (unpaired) electrons. The number of halogens is 1. The van der Waals surface area contributed by atoms with Gasteiger partial charge in [-0.05, 0) is 53.3 Å². The second kappa shape index (κ2) is 3.64. The average Bonchev–Trinajstić information content (AvgIpc) is 1.98.